The predicted molar refractivity (Wildman–Crippen MR) is 112 cm³/mol. The number of nitrogens with zero attached hydrogens (tertiary/aromatic N) is 2. The highest BCUT2D eigenvalue weighted by atomic mass is 35.5. The van der Waals surface area contributed by atoms with Gasteiger partial charge in [0.15, 0.2) is 0 Å². The third-order valence-electron chi connectivity index (χ3n) is 7.12. The van der Waals surface area contributed by atoms with Gasteiger partial charge in [-0.2, -0.15) is 0 Å². The number of nitrogens with one attached hydrogen (secondary N) is 1. The number of hydrogen-bond acceptors (Lipinski definition) is 4. The van der Waals surface area contributed by atoms with E-state index in [1.807, 2.05) is 4.90 Å². The molecule has 0 unspecified atom stereocenters. The van der Waals surface area contributed by atoms with Crippen LogP contribution in [0.5, 0.6) is 0 Å². The molecule has 9 heteroatoms. The molecule has 0 aliphatic carbocycles. The summed E-state index contributed by atoms with van der Waals surface area (Å²) >= 11 is 12.2. The molecule has 6 rings (SSSR count). The molecule has 1 spiro atoms. The highest BCUT2D eigenvalue weighted by molar-refractivity contribution is 6.32. The third-order valence-corrected chi connectivity index (χ3v) is 7.64. The maximum atomic E-state index is 13.8. The number of hydrogen-bond donors (Lipinski definition) is 1. The number of anilines is 2. The summed E-state index contributed by atoms with van der Waals surface area (Å²) in [5.74, 6) is -3.38. The zero-order chi connectivity index (χ0) is 21.7. The lowest BCUT2D eigenvalue weighted by Gasteiger charge is -2.36. The molecule has 4 aliphatic heterocycles. The van der Waals surface area contributed by atoms with Gasteiger partial charge in [0, 0.05) is 22.3 Å². The average molecular weight is 460 g/mol. The Morgan fingerprint density at radius 1 is 1.06 bits per heavy atom. The molecule has 31 heavy (non-hydrogen) atoms. The van der Waals surface area contributed by atoms with Crippen LogP contribution in [0.25, 0.3) is 0 Å². The zero-order valence-corrected chi connectivity index (χ0v) is 17.6. The van der Waals surface area contributed by atoms with Crippen molar-refractivity contribution in [3.8, 4) is 0 Å². The maximum Gasteiger partial charge on any atom is 0.250 e. The number of fused-ring (bicyclic) bond motifs is 7. The van der Waals surface area contributed by atoms with Gasteiger partial charge >= 0.3 is 0 Å². The van der Waals surface area contributed by atoms with Gasteiger partial charge in [-0.05, 0) is 55.8 Å². The minimum Gasteiger partial charge on any atom is -0.324 e. The first-order valence-corrected chi connectivity index (χ1v) is 10.8. The van der Waals surface area contributed by atoms with Crippen molar-refractivity contribution >= 4 is 52.3 Å². The van der Waals surface area contributed by atoms with Gasteiger partial charge in [-0.25, -0.2) is 9.29 Å². The summed E-state index contributed by atoms with van der Waals surface area (Å²) in [4.78, 5) is 43.9. The second kappa shape index (κ2) is 6.28. The van der Waals surface area contributed by atoms with E-state index >= 15 is 0 Å². The van der Waals surface area contributed by atoms with Crippen molar-refractivity contribution in [2.45, 2.75) is 24.4 Å². The lowest BCUT2D eigenvalue weighted by atomic mass is 9.75. The van der Waals surface area contributed by atoms with Crippen molar-refractivity contribution in [3.63, 3.8) is 0 Å². The molecule has 0 aromatic heterocycles. The SMILES string of the molecule is O=C1[C@H]2[C@H]3CCCN3[C@]3(C(=O)Nc4ccc(Cl)cc43)[C@@H]2C(=O)N1c1ccc(F)c(Cl)c1. The fraction of sp³-hybridized carbons (Fsp3) is 0.318. The summed E-state index contributed by atoms with van der Waals surface area (Å²) in [6.07, 6.45) is 1.53. The van der Waals surface area contributed by atoms with Crippen LogP contribution in [0.15, 0.2) is 36.4 Å². The minimum absolute atomic E-state index is 0.178. The van der Waals surface area contributed by atoms with E-state index in [0.717, 1.165) is 17.4 Å². The number of carbonyl (C=O) groups is 3. The van der Waals surface area contributed by atoms with Gasteiger partial charge in [0.25, 0.3) is 0 Å². The number of carbonyl (C=O) groups excluding carboxylic acids is 3. The van der Waals surface area contributed by atoms with Crippen molar-refractivity contribution < 1.29 is 18.8 Å². The number of amides is 3. The van der Waals surface area contributed by atoms with E-state index in [1.54, 1.807) is 18.2 Å². The molecule has 0 radical (unpaired) electrons. The Hall–Kier alpha value is -2.48. The molecule has 6 nitrogen and oxygen atoms in total. The lowest BCUT2D eigenvalue weighted by molar-refractivity contribution is -0.135. The van der Waals surface area contributed by atoms with Crippen LogP contribution in [0, 0.1) is 17.7 Å². The molecular weight excluding hydrogens is 444 g/mol. The van der Waals surface area contributed by atoms with Crippen molar-refractivity contribution in [2.75, 3.05) is 16.8 Å². The number of rotatable bonds is 1. The number of imide groups is 1. The summed E-state index contributed by atoms with van der Waals surface area (Å²) in [5.41, 5.74) is 0.145. The van der Waals surface area contributed by atoms with Crippen LogP contribution in [0.4, 0.5) is 15.8 Å². The Labute approximate surface area is 186 Å². The Bertz CT molecular complexity index is 1200. The molecule has 2 aromatic rings. The van der Waals surface area contributed by atoms with Crippen molar-refractivity contribution in [3.05, 3.63) is 57.8 Å². The summed E-state index contributed by atoms with van der Waals surface area (Å²) in [5, 5.41) is 3.17. The molecule has 3 saturated heterocycles. The molecular formula is C22H16Cl2FN3O3. The molecule has 158 valence electrons. The van der Waals surface area contributed by atoms with Crippen molar-refractivity contribution in [1.29, 1.82) is 0 Å². The van der Waals surface area contributed by atoms with Crippen molar-refractivity contribution in [1.82, 2.24) is 4.90 Å². The highest BCUT2D eigenvalue weighted by Gasteiger charge is 2.74. The summed E-state index contributed by atoms with van der Waals surface area (Å²) in [7, 11) is 0. The molecule has 0 bridgehead atoms. The normalized spacial score (nSPS) is 31.4. The van der Waals surface area contributed by atoms with Gasteiger partial charge < -0.3 is 5.32 Å². The predicted octanol–water partition coefficient (Wildman–Crippen LogP) is 3.56. The largest absolute Gasteiger partial charge is 0.324 e. The van der Waals surface area contributed by atoms with Gasteiger partial charge in [-0.15, -0.1) is 0 Å². The van der Waals surface area contributed by atoms with Crippen LogP contribution >= 0.6 is 23.2 Å². The summed E-state index contributed by atoms with van der Waals surface area (Å²) in [6.45, 7) is 0.611. The second-order valence-electron chi connectivity index (χ2n) is 8.43. The fourth-order valence-corrected chi connectivity index (χ4v) is 6.40. The Morgan fingerprint density at radius 3 is 2.65 bits per heavy atom. The quantitative estimate of drug-likeness (QED) is 0.661. The van der Waals surface area contributed by atoms with Crippen LogP contribution in [0.2, 0.25) is 10.0 Å². The average Bonchev–Trinajstić information content (AvgIpc) is 3.43. The van der Waals surface area contributed by atoms with Crippen LogP contribution < -0.4 is 10.2 Å². The monoisotopic (exact) mass is 459 g/mol. The molecule has 1 N–H and O–H groups in total. The molecule has 3 fully saturated rings. The fourth-order valence-electron chi connectivity index (χ4n) is 6.05. The number of halogens is 3. The summed E-state index contributed by atoms with van der Waals surface area (Å²) in [6, 6.07) is 8.63. The van der Waals surface area contributed by atoms with E-state index in [2.05, 4.69) is 5.32 Å². The molecule has 3 amide bonds. The van der Waals surface area contributed by atoms with Gasteiger partial charge in [0.05, 0.1) is 22.5 Å². The van der Waals surface area contributed by atoms with Gasteiger partial charge in [-0.1, -0.05) is 23.2 Å². The van der Waals surface area contributed by atoms with E-state index in [1.165, 1.54) is 12.1 Å². The Morgan fingerprint density at radius 2 is 1.87 bits per heavy atom. The maximum absolute atomic E-state index is 13.8. The van der Waals surface area contributed by atoms with Gasteiger partial charge in [0.1, 0.15) is 11.4 Å². The third kappa shape index (κ3) is 2.24. The first-order valence-electron chi connectivity index (χ1n) is 10.1. The smallest absolute Gasteiger partial charge is 0.250 e. The molecule has 4 heterocycles. The lowest BCUT2D eigenvalue weighted by Crippen LogP contribution is -2.54. The van der Waals surface area contributed by atoms with Crippen LogP contribution in [0.1, 0.15) is 18.4 Å². The Balaban J connectivity index is 1.56. The minimum atomic E-state index is -1.29. The topological polar surface area (TPSA) is 69.7 Å². The standard InChI is InChI=1S/C22H16Cl2FN3O3/c23-10-3-6-15-12(8-10)22(21(31)26-15)18-17(16-2-1-7-27(16)22)19(29)28(20(18)30)11-4-5-14(25)13(24)9-11/h3-6,8-9,16-18H,1-2,7H2,(H,26,31)/t16-,17+,18+,22+/m1/s1. The van der Waals surface area contributed by atoms with Gasteiger partial charge in [0.2, 0.25) is 17.7 Å². The highest BCUT2D eigenvalue weighted by Crippen LogP contribution is 2.60. The summed E-state index contributed by atoms with van der Waals surface area (Å²) < 4.78 is 13.7. The van der Waals surface area contributed by atoms with Crippen molar-refractivity contribution in [2.24, 2.45) is 11.8 Å². The molecule has 2 aromatic carbocycles. The van der Waals surface area contributed by atoms with E-state index in [-0.39, 0.29) is 28.6 Å². The second-order valence-corrected chi connectivity index (χ2v) is 9.27. The van der Waals surface area contributed by atoms with Crippen LogP contribution in [-0.2, 0) is 19.9 Å². The van der Waals surface area contributed by atoms with Crippen LogP contribution in [-0.4, -0.2) is 35.2 Å². The van der Waals surface area contributed by atoms with Crippen LogP contribution in [0.3, 0.4) is 0 Å². The van der Waals surface area contributed by atoms with E-state index < -0.39 is 29.1 Å². The van der Waals surface area contributed by atoms with Gasteiger partial charge in [-0.3, -0.25) is 19.3 Å². The molecule has 4 atom stereocenters. The van der Waals surface area contributed by atoms with E-state index in [4.69, 9.17) is 23.2 Å². The molecule has 0 saturated carbocycles. The van der Waals surface area contributed by atoms with E-state index in [9.17, 15) is 18.8 Å². The van der Waals surface area contributed by atoms with E-state index in [0.29, 0.717) is 29.2 Å². The number of benzene rings is 2. The first-order chi connectivity index (χ1) is 14.9. The first kappa shape index (κ1) is 19.2. The molecule has 4 aliphatic rings. The Kier molecular flexibility index (Phi) is 3.89. The zero-order valence-electron chi connectivity index (χ0n) is 16.1.